The first-order valence-corrected chi connectivity index (χ1v) is 4.49. The maximum Gasteiger partial charge on any atom is 0.101 e. The van der Waals surface area contributed by atoms with Crippen LogP contribution in [-0.2, 0) is 0 Å². The van der Waals surface area contributed by atoms with Crippen molar-refractivity contribution in [1.29, 1.82) is 5.26 Å². The summed E-state index contributed by atoms with van der Waals surface area (Å²) in [6.07, 6.45) is 0. The molecule has 1 N–H and O–H groups in total. The second-order valence-corrected chi connectivity index (χ2v) is 3.02. The van der Waals surface area contributed by atoms with Crippen LogP contribution in [0, 0.1) is 23.2 Å². The molecule has 0 saturated carbocycles. The molecule has 1 aromatic carbocycles. The second kappa shape index (κ2) is 5.17. The number of hydrogen-bond donors (Lipinski definition) is 1. The Hall–Kier alpha value is -1.64. The van der Waals surface area contributed by atoms with Crippen LogP contribution in [0.25, 0.3) is 0 Å². The Morgan fingerprint density at radius 2 is 2.29 bits per heavy atom. The molecule has 0 radical (unpaired) electrons. The van der Waals surface area contributed by atoms with Crippen molar-refractivity contribution in [2.24, 2.45) is 0 Å². The summed E-state index contributed by atoms with van der Waals surface area (Å²) in [5, 5.41) is 12.4. The molecule has 2 nitrogen and oxygen atoms in total. The van der Waals surface area contributed by atoms with Gasteiger partial charge in [0.1, 0.15) is 6.07 Å². The van der Waals surface area contributed by atoms with Gasteiger partial charge in [-0.1, -0.05) is 17.5 Å². The number of halogens is 1. The molecule has 0 aliphatic heterocycles. The van der Waals surface area contributed by atoms with E-state index in [0.29, 0.717) is 17.1 Å². The van der Waals surface area contributed by atoms with E-state index in [1.807, 2.05) is 0 Å². The van der Waals surface area contributed by atoms with E-state index >= 15 is 0 Å². The first-order chi connectivity index (χ1) is 6.77. The van der Waals surface area contributed by atoms with Crippen LogP contribution in [-0.4, -0.2) is 6.54 Å². The zero-order valence-electron chi connectivity index (χ0n) is 7.76. The van der Waals surface area contributed by atoms with E-state index in [4.69, 9.17) is 16.9 Å². The maximum atomic E-state index is 8.80. The zero-order valence-corrected chi connectivity index (χ0v) is 8.52. The molecule has 0 atom stereocenters. The van der Waals surface area contributed by atoms with Crippen molar-refractivity contribution in [1.82, 2.24) is 0 Å². The van der Waals surface area contributed by atoms with Crippen molar-refractivity contribution in [2.75, 3.05) is 11.9 Å². The number of rotatable bonds is 2. The van der Waals surface area contributed by atoms with E-state index in [0.717, 1.165) is 5.69 Å². The van der Waals surface area contributed by atoms with E-state index < -0.39 is 0 Å². The Balaban J connectivity index is 2.87. The lowest BCUT2D eigenvalue weighted by atomic mass is 10.2. The van der Waals surface area contributed by atoms with Crippen LogP contribution in [0.5, 0.6) is 0 Å². The van der Waals surface area contributed by atoms with Crippen LogP contribution in [0.1, 0.15) is 12.5 Å². The van der Waals surface area contributed by atoms with Crippen molar-refractivity contribution in [3.63, 3.8) is 0 Å². The summed E-state index contributed by atoms with van der Waals surface area (Å²) in [4.78, 5) is 0. The number of hydrogen-bond acceptors (Lipinski definition) is 2. The molecule has 0 saturated heterocycles. The Bertz CT molecular complexity index is 421. The van der Waals surface area contributed by atoms with Gasteiger partial charge in [0.25, 0.3) is 0 Å². The largest absolute Gasteiger partial charge is 0.373 e. The lowest BCUT2D eigenvalue weighted by Crippen LogP contribution is -2.00. The minimum Gasteiger partial charge on any atom is -0.373 e. The summed E-state index contributed by atoms with van der Waals surface area (Å²) < 4.78 is 0. The molecule has 3 heteroatoms. The number of nitrogens with one attached hydrogen (secondary N) is 1. The van der Waals surface area contributed by atoms with Crippen LogP contribution in [0.4, 0.5) is 5.69 Å². The highest BCUT2D eigenvalue weighted by Gasteiger charge is 2.00. The fraction of sp³-hybridized carbons (Fsp3) is 0.182. The van der Waals surface area contributed by atoms with Crippen LogP contribution < -0.4 is 5.32 Å². The Morgan fingerprint density at radius 3 is 2.93 bits per heavy atom. The molecule has 0 aliphatic rings. The first kappa shape index (κ1) is 10.4. The summed E-state index contributed by atoms with van der Waals surface area (Å²) in [6.45, 7) is 2.29. The zero-order chi connectivity index (χ0) is 10.4. The molecular weight excluding hydrogens is 196 g/mol. The average Bonchev–Trinajstić information content (AvgIpc) is 2.19. The summed E-state index contributed by atoms with van der Waals surface area (Å²) in [5.41, 5.74) is 1.30. The van der Waals surface area contributed by atoms with E-state index in [2.05, 4.69) is 23.2 Å². The van der Waals surface area contributed by atoms with E-state index in [9.17, 15) is 0 Å². The predicted octanol–water partition coefficient (Wildman–Crippen LogP) is 2.65. The van der Waals surface area contributed by atoms with Crippen molar-refractivity contribution >= 4 is 17.3 Å². The molecule has 0 amide bonds. The van der Waals surface area contributed by atoms with E-state index in [1.54, 1.807) is 25.1 Å². The molecule has 0 fully saturated rings. The quantitative estimate of drug-likeness (QED) is 0.752. The van der Waals surface area contributed by atoms with Gasteiger partial charge in [-0.25, -0.2) is 0 Å². The average molecular weight is 205 g/mol. The standard InChI is InChI=1S/C11H9ClN2/c1-2-3-6-14-11-7-10(12)5-4-9(11)8-13/h4-5,7,14H,6H2,1H3. The van der Waals surface area contributed by atoms with Gasteiger partial charge in [-0.3, -0.25) is 0 Å². The Kier molecular flexibility index (Phi) is 3.85. The minimum atomic E-state index is 0.519. The topological polar surface area (TPSA) is 35.8 Å². The molecule has 0 aliphatic carbocycles. The highest BCUT2D eigenvalue weighted by atomic mass is 35.5. The lowest BCUT2D eigenvalue weighted by molar-refractivity contribution is 1.36. The van der Waals surface area contributed by atoms with Crippen molar-refractivity contribution in [2.45, 2.75) is 6.92 Å². The minimum absolute atomic E-state index is 0.519. The predicted molar refractivity (Wildman–Crippen MR) is 58.1 cm³/mol. The van der Waals surface area contributed by atoms with Gasteiger partial charge in [-0.05, 0) is 25.1 Å². The lowest BCUT2D eigenvalue weighted by Gasteiger charge is -2.04. The highest BCUT2D eigenvalue weighted by Crippen LogP contribution is 2.19. The second-order valence-electron chi connectivity index (χ2n) is 2.58. The van der Waals surface area contributed by atoms with Gasteiger partial charge < -0.3 is 5.32 Å². The fourth-order valence-corrected chi connectivity index (χ4v) is 1.16. The van der Waals surface area contributed by atoms with Crippen LogP contribution >= 0.6 is 11.6 Å². The van der Waals surface area contributed by atoms with Gasteiger partial charge in [-0.15, -0.1) is 5.92 Å². The molecule has 0 bridgehead atoms. The van der Waals surface area contributed by atoms with Crippen molar-refractivity contribution in [3.05, 3.63) is 28.8 Å². The van der Waals surface area contributed by atoms with Gasteiger partial charge in [0, 0.05) is 5.02 Å². The smallest absolute Gasteiger partial charge is 0.101 e. The number of nitriles is 1. The summed E-state index contributed by atoms with van der Waals surface area (Å²) >= 11 is 5.80. The third-order valence-corrected chi connectivity index (χ3v) is 1.88. The monoisotopic (exact) mass is 204 g/mol. The van der Waals surface area contributed by atoms with E-state index in [-0.39, 0.29) is 0 Å². The third-order valence-electron chi connectivity index (χ3n) is 1.65. The molecule has 14 heavy (non-hydrogen) atoms. The summed E-state index contributed by atoms with van der Waals surface area (Å²) in [6, 6.07) is 7.18. The first-order valence-electron chi connectivity index (χ1n) is 4.11. The molecule has 1 aromatic rings. The third kappa shape index (κ3) is 2.69. The summed E-state index contributed by atoms with van der Waals surface area (Å²) in [5.74, 6) is 5.62. The summed E-state index contributed by atoms with van der Waals surface area (Å²) in [7, 11) is 0. The van der Waals surface area contributed by atoms with Gasteiger partial charge in [0.05, 0.1) is 17.8 Å². The SMILES string of the molecule is CC#CCNc1cc(Cl)ccc1C#N. The van der Waals surface area contributed by atoms with E-state index in [1.165, 1.54) is 0 Å². The molecule has 70 valence electrons. The van der Waals surface area contributed by atoms with Crippen molar-refractivity contribution < 1.29 is 0 Å². The van der Waals surface area contributed by atoms with Gasteiger partial charge in [0.2, 0.25) is 0 Å². The number of anilines is 1. The van der Waals surface area contributed by atoms with Crippen LogP contribution in [0.15, 0.2) is 18.2 Å². The molecule has 0 unspecified atom stereocenters. The molecule has 0 heterocycles. The molecule has 0 spiro atoms. The molecule has 1 rings (SSSR count). The maximum absolute atomic E-state index is 8.80. The highest BCUT2D eigenvalue weighted by molar-refractivity contribution is 6.30. The fourth-order valence-electron chi connectivity index (χ4n) is 0.988. The Labute approximate surface area is 88.5 Å². The van der Waals surface area contributed by atoms with Gasteiger partial charge >= 0.3 is 0 Å². The van der Waals surface area contributed by atoms with Crippen LogP contribution in [0.3, 0.4) is 0 Å². The van der Waals surface area contributed by atoms with Gasteiger partial charge in [-0.2, -0.15) is 5.26 Å². The van der Waals surface area contributed by atoms with Gasteiger partial charge in [0.15, 0.2) is 0 Å². The van der Waals surface area contributed by atoms with Crippen LogP contribution in [0.2, 0.25) is 5.02 Å². The molecule has 0 aromatic heterocycles. The molecular formula is C11H9ClN2. The van der Waals surface area contributed by atoms with Crippen molar-refractivity contribution in [3.8, 4) is 17.9 Å². The number of benzene rings is 1. The normalized spacial score (nSPS) is 8.36. The Morgan fingerprint density at radius 1 is 1.50 bits per heavy atom. The number of nitrogens with zero attached hydrogens (tertiary/aromatic N) is 1.